The van der Waals surface area contributed by atoms with E-state index >= 15 is 0 Å². The van der Waals surface area contributed by atoms with Gasteiger partial charge in [-0.15, -0.1) is 0 Å². The largest absolute Gasteiger partial charge is 0.497 e. The molecule has 26 heavy (non-hydrogen) atoms. The molecule has 0 saturated heterocycles. The van der Waals surface area contributed by atoms with E-state index in [0.29, 0.717) is 0 Å². The average molecular weight is 380 g/mol. The van der Waals surface area contributed by atoms with Crippen LogP contribution in [0.15, 0.2) is 58.5 Å². The van der Waals surface area contributed by atoms with Gasteiger partial charge in [0.05, 0.1) is 18.2 Å². The molecule has 0 saturated carbocycles. The second-order valence-corrected chi connectivity index (χ2v) is 6.34. The van der Waals surface area contributed by atoms with Crippen molar-refractivity contribution < 1.29 is 22.9 Å². The van der Waals surface area contributed by atoms with Gasteiger partial charge < -0.3 is 4.74 Å². The molecule has 0 heterocycles. The number of nitrogens with zero attached hydrogens (tertiary/aromatic N) is 1. The van der Waals surface area contributed by atoms with Crippen LogP contribution in [0.1, 0.15) is 11.1 Å². The Kier molecular flexibility index (Phi) is 8.22. The van der Waals surface area contributed by atoms with E-state index in [1.54, 1.807) is 36.9 Å². The molecule has 0 fully saturated rings. The summed E-state index contributed by atoms with van der Waals surface area (Å²) in [5.74, 6) is 0.477. The molecular formula is C16H20N4O5S. The Bertz CT molecular complexity index is 834. The smallest absolute Gasteiger partial charge is 0.294 e. The number of methoxy groups -OCH3 is 1. The predicted molar refractivity (Wildman–Crippen MR) is 97.4 cm³/mol. The van der Waals surface area contributed by atoms with Crippen molar-refractivity contribution in [2.75, 3.05) is 7.11 Å². The SMILES string of the molecule is COc1ccc(C=NNC(=N)NO)cc1.Cc1ccc(S(=O)(=O)O)cc1. The van der Waals surface area contributed by atoms with Gasteiger partial charge in [-0.2, -0.15) is 13.5 Å². The highest BCUT2D eigenvalue weighted by Crippen LogP contribution is 2.09. The van der Waals surface area contributed by atoms with Crippen molar-refractivity contribution >= 4 is 22.3 Å². The maximum Gasteiger partial charge on any atom is 0.294 e. The lowest BCUT2D eigenvalue weighted by Gasteiger charge is -2.00. The second-order valence-electron chi connectivity index (χ2n) is 4.92. The molecule has 2 aromatic carbocycles. The molecule has 0 radical (unpaired) electrons. The van der Waals surface area contributed by atoms with Gasteiger partial charge in [0.15, 0.2) is 0 Å². The Hall–Kier alpha value is -2.95. The zero-order chi connectivity index (χ0) is 19.6. The van der Waals surface area contributed by atoms with Gasteiger partial charge in [0, 0.05) is 0 Å². The fourth-order valence-corrected chi connectivity index (χ4v) is 2.08. The molecule has 0 aromatic heterocycles. The normalized spacial score (nSPS) is 10.6. The standard InChI is InChI=1S/C9H12N4O2.C7H8O3S/c1-15-8-4-2-7(3-5-8)6-11-12-9(10)13-14;1-6-2-4-7(5-3-6)11(8,9)10/h2-6,14H,1H3,(H3,10,12,13);2-5H,1H3,(H,8,9,10). The van der Waals surface area contributed by atoms with Crippen molar-refractivity contribution in [2.45, 2.75) is 11.8 Å². The number of hydrazone groups is 1. The molecule has 0 amide bonds. The van der Waals surface area contributed by atoms with Crippen molar-refractivity contribution in [1.82, 2.24) is 10.9 Å². The average Bonchev–Trinajstić information content (AvgIpc) is 2.62. The van der Waals surface area contributed by atoms with Crippen LogP contribution < -0.4 is 15.6 Å². The van der Waals surface area contributed by atoms with Crippen LogP contribution in [0.4, 0.5) is 0 Å². The number of hydroxylamine groups is 1. The van der Waals surface area contributed by atoms with E-state index in [1.165, 1.54) is 18.3 Å². The van der Waals surface area contributed by atoms with Crippen LogP contribution in [0.3, 0.4) is 0 Å². The fraction of sp³-hybridized carbons (Fsp3) is 0.125. The van der Waals surface area contributed by atoms with Gasteiger partial charge in [0.1, 0.15) is 5.75 Å². The minimum absolute atomic E-state index is 0.0666. The molecule has 0 atom stereocenters. The molecule has 0 unspecified atom stereocenters. The Morgan fingerprint density at radius 1 is 1.15 bits per heavy atom. The predicted octanol–water partition coefficient (Wildman–Crippen LogP) is 1.77. The fourth-order valence-electron chi connectivity index (χ4n) is 1.60. The summed E-state index contributed by atoms with van der Waals surface area (Å²) in [7, 11) is -2.42. The third-order valence-corrected chi connectivity index (χ3v) is 3.80. The lowest BCUT2D eigenvalue weighted by Crippen LogP contribution is -2.30. The van der Waals surface area contributed by atoms with E-state index in [4.69, 9.17) is 19.9 Å². The Labute approximate surface area is 151 Å². The van der Waals surface area contributed by atoms with Gasteiger partial charge in [0.2, 0.25) is 5.96 Å². The van der Waals surface area contributed by atoms with Gasteiger partial charge in [-0.25, -0.2) is 10.9 Å². The molecule has 2 aromatic rings. The molecule has 2 rings (SSSR count). The van der Waals surface area contributed by atoms with Crippen molar-refractivity contribution in [3.63, 3.8) is 0 Å². The van der Waals surface area contributed by atoms with Crippen LogP contribution >= 0.6 is 0 Å². The lowest BCUT2D eigenvalue weighted by atomic mass is 10.2. The monoisotopic (exact) mass is 380 g/mol. The van der Waals surface area contributed by atoms with E-state index in [1.807, 2.05) is 19.1 Å². The van der Waals surface area contributed by atoms with E-state index in [-0.39, 0.29) is 10.9 Å². The van der Waals surface area contributed by atoms with Crippen molar-refractivity contribution in [2.24, 2.45) is 5.10 Å². The minimum Gasteiger partial charge on any atom is -0.497 e. The molecule has 140 valence electrons. The number of aryl methyl sites for hydroxylation is 1. The van der Waals surface area contributed by atoms with Gasteiger partial charge in [0.25, 0.3) is 10.1 Å². The van der Waals surface area contributed by atoms with E-state index in [2.05, 4.69) is 10.5 Å². The first-order valence-electron chi connectivity index (χ1n) is 7.22. The molecule has 5 N–H and O–H groups in total. The van der Waals surface area contributed by atoms with E-state index < -0.39 is 10.1 Å². The Balaban J connectivity index is 0.000000273. The summed E-state index contributed by atoms with van der Waals surface area (Å²) in [5.41, 5.74) is 5.69. The first-order valence-corrected chi connectivity index (χ1v) is 8.66. The summed E-state index contributed by atoms with van der Waals surface area (Å²) in [6.07, 6.45) is 1.52. The Morgan fingerprint density at radius 3 is 2.19 bits per heavy atom. The van der Waals surface area contributed by atoms with Crippen molar-refractivity contribution in [3.05, 3.63) is 59.7 Å². The maximum atomic E-state index is 10.5. The molecule has 0 aliphatic heterocycles. The summed E-state index contributed by atoms with van der Waals surface area (Å²) < 4.78 is 34.5. The van der Waals surface area contributed by atoms with Crippen LogP contribution in [-0.2, 0) is 10.1 Å². The minimum atomic E-state index is -4.02. The number of nitrogens with one attached hydrogen (secondary N) is 3. The van der Waals surface area contributed by atoms with E-state index in [9.17, 15) is 8.42 Å². The van der Waals surface area contributed by atoms with Crippen LogP contribution in [0.5, 0.6) is 5.75 Å². The van der Waals surface area contributed by atoms with Gasteiger partial charge in [-0.05, 0) is 48.9 Å². The number of ether oxygens (including phenoxy) is 1. The number of rotatable bonds is 4. The Morgan fingerprint density at radius 2 is 1.73 bits per heavy atom. The quantitative estimate of drug-likeness (QED) is 0.235. The summed E-state index contributed by atoms with van der Waals surface area (Å²) >= 11 is 0. The van der Waals surface area contributed by atoms with Crippen LogP contribution in [0.2, 0.25) is 0 Å². The topological polar surface area (TPSA) is 144 Å². The third-order valence-electron chi connectivity index (χ3n) is 2.94. The van der Waals surface area contributed by atoms with Crippen LogP contribution in [-0.4, -0.2) is 37.5 Å². The van der Waals surface area contributed by atoms with Crippen molar-refractivity contribution in [1.29, 1.82) is 5.41 Å². The molecule has 9 nitrogen and oxygen atoms in total. The molecule has 0 aliphatic rings. The number of benzene rings is 2. The van der Waals surface area contributed by atoms with Gasteiger partial charge in [-0.3, -0.25) is 15.2 Å². The molecular weight excluding hydrogens is 360 g/mol. The summed E-state index contributed by atoms with van der Waals surface area (Å²) in [6, 6.07) is 13.2. The zero-order valence-corrected chi connectivity index (χ0v) is 15.0. The highest BCUT2D eigenvalue weighted by Gasteiger charge is 2.06. The van der Waals surface area contributed by atoms with Crippen LogP contribution in [0, 0.1) is 12.3 Å². The molecule has 0 spiro atoms. The van der Waals surface area contributed by atoms with Crippen molar-refractivity contribution in [3.8, 4) is 5.75 Å². The zero-order valence-electron chi connectivity index (χ0n) is 14.2. The van der Waals surface area contributed by atoms with E-state index in [0.717, 1.165) is 16.9 Å². The number of hydrogen-bond donors (Lipinski definition) is 5. The summed E-state index contributed by atoms with van der Waals surface area (Å²) in [5, 5.41) is 18.9. The number of hydrogen-bond acceptors (Lipinski definition) is 6. The third kappa shape index (κ3) is 7.75. The van der Waals surface area contributed by atoms with Gasteiger partial charge in [-0.1, -0.05) is 17.7 Å². The highest BCUT2D eigenvalue weighted by molar-refractivity contribution is 7.85. The molecule has 0 aliphatic carbocycles. The van der Waals surface area contributed by atoms with Gasteiger partial charge >= 0.3 is 0 Å². The lowest BCUT2D eigenvalue weighted by molar-refractivity contribution is 0.228. The first-order chi connectivity index (χ1) is 12.3. The second kappa shape index (κ2) is 10.1. The summed E-state index contributed by atoms with van der Waals surface area (Å²) in [4.78, 5) is -0.0666. The molecule has 10 heteroatoms. The summed E-state index contributed by atoms with van der Waals surface area (Å²) in [6.45, 7) is 1.84. The molecule has 0 bridgehead atoms. The van der Waals surface area contributed by atoms with Crippen LogP contribution in [0.25, 0.3) is 0 Å². The number of guanidine groups is 1. The highest BCUT2D eigenvalue weighted by atomic mass is 32.2. The maximum absolute atomic E-state index is 10.5. The first kappa shape index (κ1) is 21.1.